The standard InChI is InChI=1S/C16H26O2/c1-5-15(2,3)14(17)18-16(4)9-10-8-13(16)12-7-6-11(10)12/h10-13H,5-9H2,1-4H3. The van der Waals surface area contributed by atoms with E-state index in [0.29, 0.717) is 5.92 Å². The van der Waals surface area contributed by atoms with Crippen LogP contribution in [0.25, 0.3) is 0 Å². The zero-order chi connectivity index (χ0) is 13.1. The maximum Gasteiger partial charge on any atom is 0.312 e. The lowest BCUT2D eigenvalue weighted by Gasteiger charge is -2.48. The average molecular weight is 250 g/mol. The van der Waals surface area contributed by atoms with Gasteiger partial charge in [-0.1, -0.05) is 6.92 Å². The summed E-state index contributed by atoms with van der Waals surface area (Å²) in [7, 11) is 0. The molecule has 0 aromatic heterocycles. The first-order chi connectivity index (χ1) is 8.37. The minimum Gasteiger partial charge on any atom is -0.459 e. The Labute approximate surface area is 110 Å². The molecule has 3 saturated carbocycles. The number of hydrogen-bond donors (Lipinski definition) is 0. The van der Waals surface area contributed by atoms with Gasteiger partial charge in [-0.15, -0.1) is 0 Å². The molecule has 3 rings (SSSR count). The maximum absolute atomic E-state index is 12.3. The third-order valence-corrected chi connectivity index (χ3v) is 6.28. The molecule has 102 valence electrons. The van der Waals surface area contributed by atoms with Crippen LogP contribution in [0.1, 0.15) is 59.8 Å². The van der Waals surface area contributed by atoms with Crippen LogP contribution in [0, 0.1) is 29.1 Å². The van der Waals surface area contributed by atoms with Crippen molar-refractivity contribution >= 4 is 5.97 Å². The second-order valence-corrected chi connectivity index (χ2v) is 7.65. The highest BCUT2D eigenvalue weighted by Crippen LogP contribution is 2.65. The predicted octanol–water partition coefficient (Wildman–Crippen LogP) is 3.79. The van der Waals surface area contributed by atoms with Crippen LogP contribution in [0.5, 0.6) is 0 Å². The smallest absolute Gasteiger partial charge is 0.312 e. The van der Waals surface area contributed by atoms with Gasteiger partial charge in [-0.25, -0.2) is 0 Å². The van der Waals surface area contributed by atoms with Gasteiger partial charge in [0.05, 0.1) is 5.41 Å². The summed E-state index contributed by atoms with van der Waals surface area (Å²) in [4.78, 5) is 12.3. The topological polar surface area (TPSA) is 26.3 Å². The van der Waals surface area contributed by atoms with Crippen LogP contribution in [0.3, 0.4) is 0 Å². The highest BCUT2D eigenvalue weighted by molar-refractivity contribution is 5.76. The fourth-order valence-corrected chi connectivity index (χ4v) is 4.53. The predicted molar refractivity (Wildman–Crippen MR) is 71.0 cm³/mol. The molecule has 0 spiro atoms. The van der Waals surface area contributed by atoms with Crippen LogP contribution >= 0.6 is 0 Å². The number of hydrogen-bond acceptors (Lipinski definition) is 2. The minimum absolute atomic E-state index is 0.0101. The molecule has 2 heteroatoms. The first-order valence-electron chi connectivity index (χ1n) is 7.61. The van der Waals surface area contributed by atoms with E-state index in [4.69, 9.17) is 4.74 Å². The second-order valence-electron chi connectivity index (χ2n) is 7.65. The largest absolute Gasteiger partial charge is 0.459 e. The van der Waals surface area contributed by atoms with Crippen molar-refractivity contribution in [1.29, 1.82) is 0 Å². The molecule has 5 unspecified atom stereocenters. The van der Waals surface area contributed by atoms with Crippen molar-refractivity contribution in [2.24, 2.45) is 29.1 Å². The second kappa shape index (κ2) is 3.74. The van der Waals surface area contributed by atoms with Crippen molar-refractivity contribution in [1.82, 2.24) is 0 Å². The summed E-state index contributed by atoms with van der Waals surface area (Å²) in [5, 5.41) is 0. The van der Waals surface area contributed by atoms with Gasteiger partial charge >= 0.3 is 5.97 Å². The molecule has 5 atom stereocenters. The van der Waals surface area contributed by atoms with Gasteiger partial charge in [-0.2, -0.15) is 0 Å². The summed E-state index contributed by atoms with van der Waals surface area (Å²) in [5.74, 6) is 3.34. The summed E-state index contributed by atoms with van der Waals surface area (Å²) in [6.07, 6.45) is 6.07. The Morgan fingerprint density at radius 1 is 1.33 bits per heavy atom. The summed E-state index contributed by atoms with van der Waals surface area (Å²) in [5.41, 5.74) is -0.486. The van der Waals surface area contributed by atoms with Crippen LogP contribution in [0.2, 0.25) is 0 Å². The van der Waals surface area contributed by atoms with Crippen molar-refractivity contribution in [2.75, 3.05) is 0 Å². The molecule has 0 aromatic rings. The van der Waals surface area contributed by atoms with Gasteiger partial charge in [0.2, 0.25) is 0 Å². The Balaban J connectivity index is 1.72. The van der Waals surface area contributed by atoms with E-state index in [2.05, 4.69) is 13.8 Å². The van der Waals surface area contributed by atoms with Gasteiger partial charge in [-0.05, 0) is 70.6 Å². The van der Waals surface area contributed by atoms with Crippen molar-refractivity contribution in [2.45, 2.75) is 65.4 Å². The summed E-state index contributed by atoms with van der Waals surface area (Å²) < 4.78 is 6.00. The third kappa shape index (κ3) is 1.57. The fourth-order valence-electron chi connectivity index (χ4n) is 4.53. The highest BCUT2D eigenvalue weighted by Gasteiger charge is 2.62. The Kier molecular flexibility index (Phi) is 2.60. The van der Waals surface area contributed by atoms with Gasteiger partial charge < -0.3 is 4.74 Å². The molecule has 2 nitrogen and oxygen atoms in total. The summed E-state index contributed by atoms with van der Waals surface area (Å²) in [6.45, 7) is 8.25. The number of rotatable bonds is 3. The van der Waals surface area contributed by atoms with Gasteiger partial charge in [0.15, 0.2) is 0 Å². The number of carbonyl (C=O) groups excluding carboxylic acids is 1. The van der Waals surface area contributed by atoms with E-state index < -0.39 is 0 Å². The Hall–Kier alpha value is -0.530. The molecular formula is C16H26O2. The molecule has 2 bridgehead atoms. The number of carbonyl (C=O) groups is 1. The monoisotopic (exact) mass is 250 g/mol. The van der Waals surface area contributed by atoms with Gasteiger partial charge in [-0.3, -0.25) is 4.79 Å². The molecule has 0 aliphatic heterocycles. The minimum atomic E-state index is -0.330. The lowest BCUT2D eigenvalue weighted by atomic mass is 9.61. The van der Waals surface area contributed by atoms with Gasteiger partial charge in [0, 0.05) is 5.92 Å². The number of ether oxygens (including phenoxy) is 1. The third-order valence-electron chi connectivity index (χ3n) is 6.28. The normalized spacial score (nSPS) is 45.6. The summed E-state index contributed by atoms with van der Waals surface area (Å²) >= 11 is 0. The van der Waals surface area contributed by atoms with E-state index in [9.17, 15) is 4.79 Å². The molecule has 0 aromatic carbocycles. The Morgan fingerprint density at radius 3 is 2.50 bits per heavy atom. The van der Waals surface area contributed by atoms with E-state index in [-0.39, 0.29) is 17.0 Å². The molecule has 0 amide bonds. The summed E-state index contributed by atoms with van der Waals surface area (Å²) in [6, 6.07) is 0. The van der Waals surface area contributed by atoms with E-state index in [1.807, 2.05) is 13.8 Å². The number of esters is 1. The van der Waals surface area contributed by atoms with Crippen LogP contribution in [0.4, 0.5) is 0 Å². The quantitative estimate of drug-likeness (QED) is 0.712. The Morgan fingerprint density at radius 2 is 2.00 bits per heavy atom. The maximum atomic E-state index is 12.3. The van der Waals surface area contributed by atoms with E-state index in [0.717, 1.165) is 30.6 Å². The molecular weight excluding hydrogens is 224 g/mol. The van der Waals surface area contributed by atoms with E-state index in [1.54, 1.807) is 0 Å². The molecule has 0 N–H and O–H groups in total. The van der Waals surface area contributed by atoms with Crippen LogP contribution in [-0.4, -0.2) is 11.6 Å². The number of fused-ring (bicyclic) bond motifs is 5. The van der Waals surface area contributed by atoms with Gasteiger partial charge in [0.25, 0.3) is 0 Å². The highest BCUT2D eigenvalue weighted by atomic mass is 16.6. The SMILES string of the molecule is CCC(C)(C)C(=O)OC1(C)CC2CC1C1CCC21. The first kappa shape index (κ1) is 12.5. The molecule has 3 aliphatic carbocycles. The van der Waals surface area contributed by atoms with Crippen LogP contribution in [-0.2, 0) is 9.53 Å². The molecule has 18 heavy (non-hydrogen) atoms. The van der Waals surface area contributed by atoms with Crippen LogP contribution in [0.15, 0.2) is 0 Å². The molecule has 3 aliphatic rings. The lowest BCUT2D eigenvalue weighted by molar-refractivity contribution is -0.181. The van der Waals surface area contributed by atoms with E-state index >= 15 is 0 Å². The zero-order valence-corrected chi connectivity index (χ0v) is 12.2. The van der Waals surface area contributed by atoms with Crippen molar-refractivity contribution in [3.63, 3.8) is 0 Å². The molecule has 0 saturated heterocycles. The molecule has 0 radical (unpaired) electrons. The Bertz CT molecular complexity index is 371. The molecule has 0 heterocycles. The molecule has 3 fully saturated rings. The first-order valence-corrected chi connectivity index (χ1v) is 7.61. The lowest BCUT2D eigenvalue weighted by Crippen LogP contribution is -2.48. The van der Waals surface area contributed by atoms with Crippen LogP contribution < -0.4 is 0 Å². The van der Waals surface area contributed by atoms with Crippen molar-refractivity contribution < 1.29 is 9.53 Å². The fraction of sp³-hybridized carbons (Fsp3) is 0.938. The zero-order valence-electron chi connectivity index (χ0n) is 12.2. The van der Waals surface area contributed by atoms with E-state index in [1.165, 1.54) is 19.3 Å². The van der Waals surface area contributed by atoms with Crippen molar-refractivity contribution in [3.8, 4) is 0 Å². The van der Waals surface area contributed by atoms with Gasteiger partial charge in [0.1, 0.15) is 5.60 Å². The average Bonchev–Trinajstić information content (AvgIpc) is 2.65. The van der Waals surface area contributed by atoms with Crippen molar-refractivity contribution in [3.05, 3.63) is 0 Å².